The van der Waals surface area contributed by atoms with Crippen molar-refractivity contribution in [3.05, 3.63) is 35.9 Å². The molecule has 178 valence electrons. The van der Waals surface area contributed by atoms with Gasteiger partial charge in [0.2, 0.25) is 0 Å². The summed E-state index contributed by atoms with van der Waals surface area (Å²) in [6.45, 7) is 8.60. The molecule has 4 heterocycles. The lowest BCUT2D eigenvalue weighted by atomic mass is 9.83. The number of likely N-dealkylation sites (tertiary alicyclic amines) is 2. The van der Waals surface area contributed by atoms with Crippen LogP contribution >= 0.6 is 24.0 Å². The number of hydrogen-bond acceptors (Lipinski definition) is 4. The predicted molar refractivity (Wildman–Crippen MR) is 141 cm³/mol. The summed E-state index contributed by atoms with van der Waals surface area (Å²) < 4.78 is 6.15. The highest BCUT2D eigenvalue weighted by atomic mass is 127. The van der Waals surface area contributed by atoms with Crippen LogP contribution in [-0.4, -0.2) is 91.8 Å². The minimum absolute atomic E-state index is 0. The van der Waals surface area contributed by atoms with E-state index in [1.807, 2.05) is 7.05 Å². The quantitative estimate of drug-likeness (QED) is 0.353. The number of halogens is 1. The third-order valence-electron chi connectivity index (χ3n) is 7.87. The summed E-state index contributed by atoms with van der Waals surface area (Å²) in [6, 6.07) is 12.3. The third-order valence-corrected chi connectivity index (χ3v) is 7.87. The third kappa shape index (κ3) is 5.59. The Kier molecular flexibility index (Phi) is 8.70. The molecule has 0 saturated carbocycles. The summed E-state index contributed by atoms with van der Waals surface area (Å²) >= 11 is 0. The van der Waals surface area contributed by atoms with E-state index in [0.717, 1.165) is 51.2 Å². The monoisotopic (exact) mass is 553 g/mol. The molecule has 7 heteroatoms. The van der Waals surface area contributed by atoms with Gasteiger partial charge >= 0.3 is 0 Å². The molecule has 4 atom stereocenters. The van der Waals surface area contributed by atoms with Crippen molar-refractivity contribution in [2.24, 2.45) is 10.9 Å². The van der Waals surface area contributed by atoms with Gasteiger partial charge in [-0.05, 0) is 56.7 Å². The highest BCUT2D eigenvalue weighted by Gasteiger charge is 2.37. The van der Waals surface area contributed by atoms with Crippen molar-refractivity contribution in [2.45, 2.75) is 56.8 Å². The van der Waals surface area contributed by atoms with E-state index in [1.165, 1.54) is 50.8 Å². The Hall–Kier alpha value is -0.900. The van der Waals surface area contributed by atoms with Gasteiger partial charge in [-0.25, -0.2) is 0 Å². The average Bonchev–Trinajstić information content (AvgIpc) is 3.28. The molecular weight excluding hydrogens is 513 g/mol. The van der Waals surface area contributed by atoms with Gasteiger partial charge in [0.15, 0.2) is 5.96 Å². The molecule has 0 aromatic heterocycles. The number of hydrogen-bond donors (Lipinski definition) is 1. The highest BCUT2D eigenvalue weighted by molar-refractivity contribution is 14.0. The Morgan fingerprint density at radius 2 is 1.91 bits per heavy atom. The van der Waals surface area contributed by atoms with Gasteiger partial charge < -0.3 is 15.0 Å². The molecule has 1 aromatic rings. The molecular formula is C25H40IN5O. The number of morpholine rings is 1. The van der Waals surface area contributed by atoms with Crippen LogP contribution in [0.1, 0.15) is 37.7 Å². The van der Waals surface area contributed by atoms with Gasteiger partial charge in [-0.3, -0.25) is 14.8 Å². The fourth-order valence-electron chi connectivity index (χ4n) is 6.26. The van der Waals surface area contributed by atoms with Gasteiger partial charge in [-0.1, -0.05) is 30.3 Å². The smallest absolute Gasteiger partial charge is 0.193 e. The first-order valence-corrected chi connectivity index (χ1v) is 12.4. The molecule has 0 amide bonds. The van der Waals surface area contributed by atoms with Crippen molar-refractivity contribution in [1.82, 2.24) is 20.0 Å². The number of rotatable bonds is 4. The van der Waals surface area contributed by atoms with E-state index in [9.17, 15) is 0 Å². The molecule has 4 unspecified atom stereocenters. The zero-order valence-electron chi connectivity index (χ0n) is 19.5. The molecule has 0 bridgehead atoms. The standard InChI is InChI=1S/C25H39N5O.HI/c1-26-25(27-15-23-18-28-12-6-10-22(28)19-31-23)30-14-11-24-21(17-30)9-5-13-29(24)16-20-7-3-2-4-8-20;/h2-4,7-8,21-24H,5-6,9-19H2,1H3,(H,26,27);1H. The van der Waals surface area contributed by atoms with Crippen LogP contribution in [0.5, 0.6) is 0 Å². The van der Waals surface area contributed by atoms with E-state index in [-0.39, 0.29) is 30.1 Å². The molecule has 0 radical (unpaired) electrons. The van der Waals surface area contributed by atoms with Gasteiger partial charge in [-0.15, -0.1) is 24.0 Å². The highest BCUT2D eigenvalue weighted by Crippen LogP contribution is 2.31. The average molecular weight is 554 g/mol. The van der Waals surface area contributed by atoms with E-state index in [2.05, 4.69) is 55.3 Å². The van der Waals surface area contributed by atoms with Crippen molar-refractivity contribution < 1.29 is 4.74 Å². The molecule has 0 spiro atoms. The molecule has 4 saturated heterocycles. The number of piperidine rings is 2. The van der Waals surface area contributed by atoms with Gasteiger partial charge in [0.05, 0.1) is 12.7 Å². The normalized spacial score (nSPS) is 31.5. The number of nitrogens with one attached hydrogen (secondary N) is 1. The predicted octanol–water partition coefficient (Wildman–Crippen LogP) is 3.03. The van der Waals surface area contributed by atoms with Crippen molar-refractivity contribution >= 4 is 29.9 Å². The molecule has 4 aliphatic rings. The topological polar surface area (TPSA) is 43.3 Å². The first kappa shape index (κ1) is 24.2. The van der Waals surface area contributed by atoms with Crippen LogP contribution in [0.15, 0.2) is 35.3 Å². The van der Waals surface area contributed by atoms with Gasteiger partial charge in [0.1, 0.15) is 0 Å². The van der Waals surface area contributed by atoms with Gasteiger partial charge in [0, 0.05) is 51.9 Å². The van der Waals surface area contributed by atoms with Crippen LogP contribution in [0.3, 0.4) is 0 Å². The van der Waals surface area contributed by atoms with Gasteiger partial charge in [0.25, 0.3) is 0 Å². The van der Waals surface area contributed by atoms with Crippen LogP contribution in [0.25, 0.3) is 0 Å². The zero-order chi connectivity index (χ0) is 21.0. The number of fused-ring (bicyclic) bond motifs is 2. The van der Waals surface area contributed by atoms with E-state index in [1.54, 1.807) is 0 Å². The van der Waals surface area contributed by atoms with Crippen LogP contribution in [0.4, 0.5) is 0 Å². The Labute approximate surface area is 210 Å². The molecule has 1 N–H and O–H groups in total. The Morgan fingerprint density at radius 3 is 2.75 bits per heavy atom. The minimum Gasteiger partial charge on any atom is -0.373 e. The fourth-order valence-corrected chi connectivity index (χ4v) is 6.26. The van der Waals surface area contributed by atoms with Crippen molar-refractivity contribution in [3.63, 3.8) is 0 Å². The molecule has 4 fully saturated rings. The SMILES string of the molecule is CN=C(NCC1CN2CCCC2CO1)N1CCC2C(CCCN2Cc2ccccc2)C1.I. The van der Waals surface area contributed by atoms with Crippen LogP contribution in [0, 0.1) is 5.92 Å². The molecule has 0 aliphatic carbocycles. The number of aliphatic imine (C=N–C) groups is 1. The second-order valence-corrected chi connectivity index (χ2v) is 9.83. The molecule has 4 aliphatic heterocycles. The molecule has 5 rings (SSSR count). The van der Waals surface area contributed by atoms with Crippen molar-refractivity contribution in [1.29, 1.82) is 0 Å². The van der Waals surface area contributed by atoms with Crippen molar-refractivity contribution in [2.75, 3.05) is 52.9 Å². The van der Waals surface area contributed by atoms with Gasteiger partial charge in [-0.2, -0.15) is 0 Å². The second kappa shape index (κ2) is 11.5. The number of guanidine groups is 1. The number of ether oxygens (including phenoxy) is 1. The maximum absolute atomic E-state index is 6.15. The summed E-state index contributed by atoms with van der Waals surface area (Å²) in [5.41, 5.74) is 1.44. The van der Waals surface area contributed by atoms with E-state index in [4.69, 9.17) is 4.74 Å². The molecule has 1 aromatic carbocycles. The summed E-state index contributed by atoms with van der Waals surface area (Å²) in [4.78, 5) is 12.5. The maximum atomic E-state index is 6.15. The lowest BCUT2D eigenvalue weighted by molar-refractivity contribution is -0.0456. The lowest BCUT2D eigenvalue weighted by Gasteiger charge is -2.48. The maximum Gasteiger partial charge on any atom is 0.193 e. The fraction of sp³-hybridized carbons (Fsp3) is 0.720. The number of nitrogens with zero attached hydrogens (tertiary/aromatic N) is 4. The zero-order valence-corrected chi connectivity index (χ0v) is 21.8. The summed E-state index contributed by atoms with van der Waals surface area (Å²) in [7, 11) is 1.93. The Balaban J connectivity index is 0.00000245. The summed E-state index contributed by atoms with van der Waals surface area (Å²) in [5.74, 6) is 1.80. The van der Waals surface area contributed by atoms with Crippen LogP contribution in [0.2, 0.25) is 0 Å². The molecule has 32 heavy (non-hydrogen) atoms. The summed E-state index contributed by atoms with van der Waals surface area (Å²) in [6.07, 6.45) is 6.78. The summed E-state index contributed by atoms with van der Waals surface area (Å²) in [5, 5.41) is 3.65. The van der Waals surface area contributed by atoms with E-state index in [0.29, 0.717) is 12.1 Å². The minimum atomic E-state index is 0. The van der Waals surface area contributed by atoms with Crippen LogP contribution in [-0.2, 0) is 11.3 Å². The molecule has 6 nitrogen and oxygen atoms in total. The Morgan fingerprint density at radius 1 is 1.06 bits per heavy atom. The van der Waals surface area contributed by atoms with Crippen LogP contribution < -0.4 is 5.32 Å². The van der Waals surface area contributed by atoms with Crippen molar-refractivity contribution in [3.8, 4) is 0 Å². The number of benzene rings is 1. The lowest BCUT2D eigenvalue weighted by Crippen LogP contribution is -2.57. The van der Waals surface area contributed by atoms with E-state index < -0.39 is 0 Å². The Bertz CT molecular complexity index is 747. The second-order valence-electron chi connectivity index (χ2n) is 9.83. The first-order valence-electron chi connectivity index (χ1n) is 12.4. The first-order chi connectivity index (χ1) is 15.3. The van der Waals surface area contributed by atoms with E-state index >= 15 is 0 Å². The largest absolute Gasteiger partial charge is 0.373 e.